The third kappa shape index (κ3) is 4.29. The molecule has 1 N–H and O–H groups in total. The average Bonchev–Trinajstić information content (AvgIpc) is 3.09. The van der Waals surface area contributed by atoms with Gasteiger partial charge in [-0.1, -0.05) is 30.3 Å². The molecule has 2 heterocycles. The van der Waals surface area contributed by atoms with E-state index in [1.807, 2.05) is 48.9 Å². The van der Waals surface area contributed by atoms with Crippen LogP contribution in [0.1, 0.15) is 17.0 Å². The van der Waals surface area contributed by atoms with Crippen LogP contribution in [0.5, 0.6) is 0 Å². The predicted octanol–water partition coefficient (Wildman–Crippen LogP) is 3.03. The first-order valence-electron chi connectivity index (χ1n) is 10.1. The molecular weight excluding hydrogens is 408 g/mol. The largest absolute Gasteiger partial charge is 0.452 e. The minimum absolute atomic E-state index is 0.125. The number of rotatable bonds is 5. The summed E-state index contributed by atoms with van der Waals surface area (Å²) in [6.45, 7) is 3.19. The molecule has 4 rings (SSSR count). The number of carbonyl (C=O) groups is 3. The summed E-state index contributed by atoms with van der Waals surface area (Å²) in [6.07, 6.45) is 2.91. The molecule has 0 unspecified atom stereocenters. The quantitative estimate of drug-likeness (QED) is 0.496. The van der Waals surface area contributed by atoms with Gasteiger partial charge in [0.1, 0.15) is 6.54 Å². The van der Waals surface area contributed by atoms with E-state index in [1.54, 1.807) is 30.3 Å². The molecule has 8 nitrogen and oxygen atoms in total. The van der Waals surface area contributed by atoms with Crippen LogP contribution < -0.4 is 10.2 Å². The molecule has 3 aromatic rings. The summed E-state index contributed by atoms with van der Waals surface area (Å²) < 4.78 is 6.93. The van der Waals surface area contributed by atoms with Crippen molar-refractivity contribution in [1.29, 1.82) is 0 Å². The third-order valence-corrected chi connectivity index (χ3v) is 5.14. The fourth-order valence-electron chi connectivity index (χ4n) is 3.58. The van der Waals surface area contributed by atoms with Crippen LogP contribution in [0.3, 0.4) is 0 Å². The fraction of sp³-hybridized carbons (Fsp3) is 0.167. The van der Waals surface area contributed by atoms with E-state index in [2.05, 4.69) is 10.4 Å². The number of benzene rings is 2. The van der Waals surface area contributed by atoms with E-state index < -0.39 is 18.5 Å². The average molecular weight is 430 g/mol. The summed E-state index contributed by atoms with van der Waals surface area (Å²) in [5.74, 6) is -1.43. The molecule has 0 aliphatic carbocycles. The molecule has 2 aromatic carbocycles. The SMILES string of the molecule is Cc1nn(-c2ccccc2)c(C)c1/C=C/C(=O)OCC(=O)N1CC(=O)Nc2ccccc21. The summed E-state index contributed by atoms with van der Waals surface area (Å²) in [7, 11) is 0. The number of fused-ring (bicyclic) bond motifs is 1. The van der Waals surface area contributed by atoms with Crippen LogP contribution >= 0.6 is 0 Å². The number of carbonyl (C=O) groups excluding carboxylic acids is 3. The maximum Gasteiger partial charge on any atom is 0.331 e. The van der Waals surface area contributed by atoms with Crippen molar-refractivity contribution in [3.8, 4) is 5.69 Å². The number of para-hydroxylation sites is 3. The van der Waals surface area contributed by atoms with Gasteiger partial charge in [0.25, 0.3) is 5.91 Å². The Hall–Kier alpha value is -4.20. The number of aromatic nitrogens is 2. The second-order valence-corrected chi connectivity index (χ2v) is 7.32. The maximum atomic E-state index is 12.6. The summed E-state index contributed by atoms with van der Waals surface area (Å²) >= 11 is 0. The Morgan fingerprint density at radius 2 is 1.81 bits per heavy atom. The number of nitrogens with zero attached hydrogens (tertiary/aromatic N) is 3. The van der Waals surface area contributed by atoms with E-state index in [0.29, 0.717) is 11.4 Å². The Labute approximate surface area is 185 Å². The second kappa shape index (κ2) is 8.89. The van der Waals surface area contributed by atoms with Crippen LogP contribution in [0.15, 0.2) is 60.7 Å². The molecule has 0 spiro atoms. The minimum Gasteiger partial charge on any atom is -0.452 e. The third-order valence-electron chi connectivity index (χ3n) is 5.14. The summed E-state index contributed by atoms with van der Waals surface area (Å²) in [5, 5.41) is 7.25. The van der Waals surface area contributed by atoms with Crippen molar-refractivity contribution in [3.63, 3.8) is 0 Å². The zero-order valence-electron chi connectivity index (χ0n) is 17.7. The lowest BCUT2D eigenvalue weighted by molar-refractivity contribution is -0.143. The van der Waals surface area contributed by atoms with Gasteiger partial charge < -0.3 is 10.1 Å². The highest BCUT2D eigenvalue weighted by atomic mass is 16.5. The second-order valence-electron chi connectivity index (χ2n) is 7.32. The first-order chi connectivity index (χ1) is 15.4. The number of ether oxygens (including phenoxy) is 1. The van der Waals surface area contributed by atoms with Gasteiger partial charge in [0.2, 0.25) is 5.91 Å². The Bertz CT molecular complexity index is 1210. The Morgan fingerprint density at radius 3 is 2.59 bits per heavy atom. The normalized spacial score (nSPS) is 13.1. The van der Waals surface area contributed by atoms with Crippen molar-refractivity contribution in [1.82, 2.24) is 9.78 Å². The molecule has 0 saturated heterocycles. The number of anilines is 2. The summed E-state index contributed by atoms with van der Waals surface area (Å²) in [5.41, 5.74) is 4.49. The lowest BCUT2D eigenvalue weighted by Crippen LogP contribution is -2.43. The first-order valence-corrected chi connectivity index (χ1v) is 10.1. The zero-order chi connectivity index (χ0) is 22.7. The summed E-state index contributed by atoms with van der Waals surface area (Å²) in [4.78, 5) is 38.0. The lowest BCUT2D eigenvalue weighted by atomic mass is 10.2. The molecule has 0 fully saturated rings. The highest BCUT2D eigenvalue weighted by Crippen LogP contribution is 2.28. The number of aryl methyl sites for hydroxylation is 1. The van der Waals surface area contributed by atoms with Gasteiger partial charge >= 0.3 is 5.97 Å². The van der Waals surface area contributed by atoms with Gasteiger partial charge in [0.05, 0.1) is 22.8 Å². The lowest BCUT2D eigenvalue weighted by Gasteiger charge is -2.28. The topological polar surface area (TPSA) is 93.5 Å². The van der Waals surface area contributed by atoms with Crippen molar-refractivity contribution in [2.75, 3.05) is 23.4 Å². The molecule has 1 aliphatic rings. The molecular formula is C24H22N4O4. The number of hydrogen-bond acceptors (Lipinski definition) is 5. The van der Waals surface area contributed by atoms with Gasteiger partial charge in [-0.05, 0) is 44.2 Å². The van der Waals surface area contributed by atoms with Gasteiger partial charge in [-0.15, -0.1) is 0 Å². The van der Waals surface area contributed by atoms with Gasteiger partial charge in [0.15, 0.2) is 6.61 Å². The van der Waals surface area contributed by atoms with Crippen LogP contribution in [-0.4, -0.2) is 40.7 Å². The van der Waals surface area contributed by atoms with Crippen LogP contribution in [0, 0.1) is 13.8 Å². The first kappa shape index (κ1) is 21.0. The fourth-order valence-corrected chi connectivity index (χ4v) is 3.58. The van der Waals surface area contributed by atoms with Gasteiger partial charge in [0, 0.05) is 17.3 Å². The Kier molecular flexibility index (Phi) is 5.85. The van der Waals surface area contributed by atoms with E-state index in [0.717, 1.165) is 22.6 Å². The van der Waals surface area contributed by atoms with E-state index in [-0.39, 0.29) is 12.5 Å². The highest BCUT2D eigenvalue weighted by Gasteiger charge is 2.27. The van der Waals surface area contributed by atoms with E-state index in [4.69, 9.17) is 4.74 Å². The van der Waals surface area contributed by atoms with Crippen LogP contribution in [0.2, 0.25) is 0 Å². The van der Waals surface area contributed by atoms with E-state index in [9.17, 15) is 14.4 Å². The number of nitrogens with one attached hydrogen (secondary N) is 1. The smallest absolute Gasteiger partial charge is 0.331 e. The molecule has 0 radical (unpaired) electrons. The van der Waals surface area contributed by atoms with Crippen molar-refractivity contribution in [2.24, 2.45) is 0 Å². The van der Waals surface area contributed by atoms with Gasteiger partial charge in [-0.25, -0.2) is 9.48 Å². The molecule has 1 aromatic heterocycles. The van der Waals surface area contributed by atoms with Crippen LogP contribution in [0.25, 0.3) is 11.8 Å². The molecule has 0 saturated carbocycles. The Balaban J connectivity index is 1.41. The van der Waals surface area contributed by atoms with Crippen LogP contribution in [0.4, 0.5) is 11.4 Å². The maximum absolute atomic E-state index is 12.6. The molecule has 162 valence electrons. The highest BCUT2D eigenvalue weighted by molar-refractivity contribution is 6.10. The number of amides is 2. The monoisotopic (exact) mass is 430 g/mol. The van der Waals surface area contributed by atoms with Gasteiger partial charge in [-0.3, -0.25) is 14.5 Å². The minimum atomic E-state index is -0.653. The molecule has 0 atom stereocenters. The Morgan fingerprint density at radius 1 is 1.09 bits per heavy atom. The van der Waals surface area contributed by atoms with Gasteiger partial charge in [-0.2, -0.15) is 5.10 Å². The standard InChI is InChI=1S/C24H22N4O4/c1-16-19(17(2)28(26-16)18-8-4-3-5-9-18)12-13-24(31)32-15-23(30)27-14-22(29)25-20-10-6-7-11-21(20)27/h3-13H,14-15H2,1-2H3,(H,25,29)/b13-12+. The molecule has 2 amide bonds. The molecule has 1 aliphatic heterocycles. The van der Waals surface area contributed by atoms with Crippen LogP contribution in [-0.2, 0) is 19.1 Å². The van der Waals surface area contributed by atoms with Crippen molar-refractivity contribution in [3.05, 3.63) is 77.6 Å². The summed E-state index contributed by atoms with van der Waals surface area (Å²) in [6, 6.07) is 16.7. The van der Waals surface area contributed by atoms with Crippen molar-refractivity contribution >= 4 is 35.2 Å². The van der Waals surface area contributed by atoms with Crippen molar-refractivity contribution in [2.45, 2.75) is 13.8 Å². The molecule has 32 heavy (non-hydrogen) atoms. The predicted molar refractivity (Wildman–Crippen MR) is 120 cm³/mol. The molecule has 8 heteroatoms. The molecule has 0 bridgehead atoms. The number of hydrogen-bond donors (Lipinski definition) is 1. The van der Waals surface area contributed by atoms with E-state index >= 15 is 0 Å². The van der Waals surface area contributed by atoms with Crippen molar-refractivity contribution < 1.29 is 19.1 Å². The van der Waals surface area contributed by atoms with E-state index in [1.165, 1.54) is 11.0 Å². The zero-order valence-corrected chi connectivity index (χ0v) is 17.7. The number of esters is 1.